The molecule has 2 aliphatic rings. The molecule has 4 rings (SSSR count). The van der Waals surface area contributed by atoms with Gasteiger partial charge in [0.15, 0.2) is 5.79 Å². The van der Waals surface area contributed by atoms with Gasteiger partial charge < -0.3 is 19.4 Å². The number of hydrogen-bond donors (Lipinski definition) is 1. The monoisotopic (exact) mass is 313 g/mol. The molecule has 0 unspecified atom stereocenters. The molecule has 1 N–H and O–H groups in total. The third-order valence-corrected chi connectivity index (χ3v) is 4.81. The molecule has 0 atom stereocenters. The summed E-state index contributed by atoms with van der Waals surface area (Å²) >= 11 is 0. The number of benzene rings is 1. The van der Waals surface area contributed by atoms with E-state index in [1.807, 2.05) is 18.7 Å². The van der Waals surface area contributed by atoms with Crippen LogP contribution in [0, 0.1) is 0 Å². The van der Waals surface area contributed by atoms with Crippen molar-refractivity contribution < 1.29 is 9.47 Å². The number of hydrogen-bond acceptors (Lipinski definition) is 4. The van der Waals surface area contributed by atoms with Crippen LogP contribution in [0.25, 0.3) is 0 Å². The quantitative estimate of drug-likeness (QED) is 0.942. The standard InChI is InChI=1S/C18H23N3O2/c1-3-16(4-2-15(1)13-21-10-9-19-14-21)20-17-5-7-18(8-6-17)22-11-12-23-18/h1-4,9-10,14,17,20H,5-8,11-13H2. The summed E-state index contributed by atoms with van der Waals surface area (Å²) in [6.07, 6.45) is 9.80. The Balaban J connectivity index is 1.31. The van der Waals surface area contributed by atoms with Crippen molar-refractivity contribution in [2.24, 2.45) is 0 Å². The molecule has 5 nitrogen and oxygen atoms in total. The topological polar surface area (TPSA) is 48.3 Å². The normalized spacial score (nSPS) is 20.9. The zero-order valence-electron chi connectivity index (χ0n) is 13.3. The first-order valence-electron chi connectivity index (χ1n) is 8.41. The highest BCUT2D eigenvalue weighted by Crippen LogP contribution is 2.36. The maximum absolute atomic E-state index is 5.79. The number of nitrogens with zero attached hydrogens (tertiary/aromatic N) is 2. The van der Waals surface area contributed by atoms with E-state index >= 15 is 0 Å². The summed E-state index contributed by atoms with van der Waals surface area (Å²) in [5, 5.41) is 3.64. The second-order valence-corrected chi connectivity index (χ2v) is 6.46. The number of nitrogens with one attached hydrogen (secondary N) is 1. The summed E-state index contributed by atoms with van der Waals surface area (Å²) in [4.78, 5) is 4.07. The summed E-state index contributed by atoms with van der Waals surface area (Å²) in [5.74, 6) is -0.271. The lowest BCUT2D eigenvalue weighted by Gasteiger charge is -2.36. The smallest absolute Gasteiger partial charge is 0.168 e. The average molecular weight is 313 g/mol. The molecular formula is C18H23N3O2. The van der Waals surface area contributed by atoms with Crippen molar-refractivity contribution in [2.75, 3.05) is 18.5 Å². The molecule has 1 aliphatic heterocycles. The fourth-order valence-electron chi connectivity index (χ4n) is 3.52. The second kappa shape index (κ2) is 6.34. The minimum atomic E-state index is -0.271. The van der Waals surface area contributed by atoms with Gasteiger partial charge in [-0.3, -0.25) is 0 Å². The van der Waals surface area contributed by atoms with Gasteiger partial charge >= 0.3 is 0 Å². The van der Waals surface area contributed by atoms with Crippen LogP contribution < -0.4 is 5.32 Å². The van der Waals surface area contributed by atoms with Crippen molar-refractivity contribution in [1.29, 1.82) is 0 Å². The minimum Gasteiger partial charge on any atom is -0.382 e. The number of aromatic nitrogens is 2. The fourth-order valence-corrected chi connectivity index (χ4v) is 3.52. The Bertz CT molecular complexity index is 608. The molecule has 0 amide bonds. The molecule has 23 heavy (non-hydrogen) atoms. The van der Waals surface area contributed by atoms with Crippen LogP contribution in [-0.4, -0.2) is 34.6 Å². The van der Waals surface area contributed by atoms with E-state index in [-0.39, 0.29) is 5.79 Å². The molecule has 2 heterocycles. The fraction of sp³-hybridized carbons (Fsp3) is 0.500. The lowest BCUT2D eigenvalue weighted by Crippen LogP contribution is -2.39. The molecule has 122 valence electrons. The second-order valence-electron chi connectivity index (χ2n) is 6.46. The molecule has 1 saturated carbocycles. The Labute approximate surface area is 136 Å². The van der Waals surface area contributed by atoms with Crippen LogP contribution in [-0.2, 0) is 16.0 Å². The van der Waals surface area contributed by atoms with Crippen molar-refractivity contribution >= 4 is 5.69 Å². The van der Waals surface area contributed by atoms with E-state index in [1.165, 1.54) is 11.3 Å². The highest BCUT2D eigenvalue weighted by atomic mass is 16.7. The van der Waals surface area contributed by atoms with E-state index in [4.69, 9.17) is 9.47 Å². The zero-order chi connectivity index (χ0) is 15.5. The Kier molecular flexibility index (Phi) is 4.06. The Morgan fingerprint density at radius 2 is 1.87 bits per heavy atom. The molecule has 2 aromatic rings. The Hall–Kier alpha value is -1.85. The predicted octanol–water partition coefficient (Wildman–Crippen LogP) is 3.03. The SMILES string of the molecule is c1cn(Cc2ccc(NC3CCC4(CC3)OCCO4)cc2)cn1. The van der Waals surface area contributed by atoms with Crippen LogP contribution >= 0.6 is 0 Å². The Morgan fingerprint density at radius 1 is 1.13 bits per heavy atom. The van der Waals surface area contributed by atoms with Gasteiger partial charge in [0.25, 0.3) is 0 Å². The third-order valence-electron chi connectivity index (χ3n) is 4.81. The summed E-state index contributed by atoms with van der Waals surface area (Å²) in [7, 11) is 0. The van der Waals surface area contributed by atoms with E-state index in [0.717, 1.165) is 45.4 Å². The maximum Gasteiger partial charge on any atom is 0.168 e. The van der Waals surface area contributed by atoms with Crippen LogP contribution in [0.4, 0.5) is 5.69 Å². The molecule has 0 radical (unpaired) electrons. The van der Waals surface area contributed by atoms with Crippen LogP contribution in [0.1, 0.15) is 31.2 Å². The van der Waals surface area contributed by atoms with Crippen LogP contribution in [0.15, 0.2) is 43.0 Å². The molecule has 1 aromatic carbocycles. The predicted molar refractivity (Wildman–Crippen MR) is 88.3 cm³/mol. The van der Waals surface area contributed by atoms with Gasteiger partial charge in [0.05, 0.1) is 19.5 Å². The highest BCUT2D eigenvalue weighted by molar-refractivity contribution is 5.45. The molecule has 1 spiro atoms. The van der Waals surface area contributed by atoms with E-state index in [1.54, 1.807) is 0 Å². The van der Waals surface area contributed by atoms with E-state index in [0.29, 0.717) is 6.04 Å². The van der Waals surface area contributed by atoms with Gasteiger partial charge in [-0.1, -0.05) is 12.1 Å². The van der Waals surface area contributed by atoms with E-state index < -0.39 is 0 Å². The van der Waals surface area contributed by atoms with Gasteiger partial charge in [0.2, 0.25) is 0 Å². The summed E-state index contributed by atoms with van der Waals surface area (Å²) in [6, 6.07) is 9.19. The van der Waals surface area contributed by atoms with Crippen LogP contribution in [0.2, 0.25) is 0 Å². The van der Waals surface area contributed by atoms with Crippen molar-refractivity contribution in [1.82, 2.24) is 9.55 Å². The first-order valence-corrected chi connectivity index (χ1v) is 8.41. The first-order chi connectivity index (χ1) is 11.3. The van der Waals surface area contributed by atoms with Gasteiger partial charge in [0, 0.05) is 43.5 Å². The van der Waals surface area contributed by atoms with Gasteiger partial charge in [0.1, 0.15) is 0 Å². The van der Waals surface area contributed by atoms with Crippen molar-refractivity contribution in [2.45, 2.75) is 44.1 Å². The lowest BCUT2D eigenvalue weighted by atomic mass is 9.90. The van der Waals surface area contributed by atoms with E-state index in [2.05, 4.69) is 39.1 Å². The van der Waals surface area contributed by atoms with Crippen molar-refractivity contribution in [3.05, 3.63) is 48.5 Å². The van der Waals surface area contributed by atoms with E-state index in [9.17, 15) is 0 Å². The summed E-state index contributed by atoms with van der Waals surface area (Å²) in [5.41, 5.74) is 2.47. The summed E-state index contributed by atoms with van der Waals surface area (Å²) < 4.78 is 13.7. The molecule has 0 bridgehead atoms. The number of rotatable bonds is 4. The highest BCUT2D eigenvalue weighted by Gasteiger charge is 2.40. The number of anilines is 1. The molecular weight excluding hydrogens is 290 g/mol. The first kappa shape index (κ1) is 14.7. The Morgan fingerprint density at radius 3 is 2.52 bits per heavy atom. The summed E-state index contributed by atoms with van der Waals surface area (Å²) in [6.45, 7) is 2.36. The molecule has 1 aliphatic carbocycles. The third kappa shape index (κ3) is 3.41. The van der Waals surface area contributed by atoms with Crippen LogP contribution in [0.5, 0.6) is 0 Å². The maximum atomic E-state index is 5.79. The van der Waals surface area contributed by atoms with Crippen molar-refractivity contribution in [3.63, 3.8) is 0 Å². The van der Waals surface area contributed by atoms with Gasteiger partial charge in [-0.15, -0.1) is 0 Å². The number of imidazole rings is 1. The molecule has 1 saturated heterocycles. The molecule has 1 aromatic heterocycles. The minimum absolute atomic E-state index is 0.271. The van der Waals surface area contributed by atoms with Crippen molar-refractivity contribution in [3.8, 4) is 0 Å². The van der Waals surface area contributed by atoms with Gasteiger partial charge in [-0.2, -0.15) is 0 Å². The van der Waals surface area contributed by atoms with Gasteiger partial charge in [-0.05, 0) is 30.5 Å². The molecule has 5 heteroatoms. The lowest BCUT2D eigenvalue weighted by molar-refractivity contribution is -0.177. The average Bonchev–Trinajstić information content (AvgIpc) is 3.24. The zero-order valence-corrected chi connectivity index (χ0v) is 13.3. The largest absolute Gasteiger partial charge is 0.382 e. The van der Waals surface area contributed by atoms with Crippen LogP contribution in [0.3, 0.4) is 0 Å². The molecule has 2 fully saturated rings. The van der Waals surface area contributed by atoms with Gasteiger partial charge in [-0.25, -0.2) is 4.98 Å². The number of ether oxygens (including phenoxy) is 2.